The summed E-state index contributed by atoms with van der Waals surface area (Å²) in [5.74, 6) is -0.371. The first-order valence-electron chi connectivity index (χ1n) is 10.2. The second-order valence-electron chi connectivity index (χ2n) is 6.54. The van der Waals surface area contributed by atoms with Gasteiger partial charge in [0.1, 0.15) is 6.35 Å². The van der Waals surface area contributed by atoms with Crippen molar-refractivity contribution in [3.63, 3.8) is 0 Å². The van der Waals surface area contributed by atoms with Crippen LogP contribution < -0.4 is 5.73 Å². The highest BCUT2D eigenvalue weighted by atomic mass is 31.2. The van der Waals surface area contributed by atoms with Gasteiger partial charge in [0.15, 0.2) is 0 Å². The second-order valence-corrected chi connectivity index (χ2v) is 8.13. The summed E-state index contributed by atoms with van der Waals surface area (Å²) in [6, 6.07) is 0. The molecule has 0 saturated heterocycles. The molecule has 9 nitrogen and oxygen atoms in total. The SMILES string of the molecule is C=CC(C)C(CC(O)\C=C/C=C\C=C\CO)OCP(=O)(O)O.CCN.O=C1C=CCCO1. The quantitative estimate of drug-likeness (QED) is 0.131. The number of hydrogen-bond acceptors (Lipinski definition) is 7. The maximum Gasteiger partial charge on any atom is 0.350 e. The van der Waals surface area contributed by atoms with Crippen molar-refractivity contribution in [3.8, 4) is 0 Å². The van der Waals surface area contributed by atoms with Gasteiger partial charge in [-0.2, -0.15) is 0 Å². The molecule has 1 aliphatic rings. The van der Waals surface area contributed by atoms with Crippen LogP contribution in [0.2, 0.25) is 0 Å². The van der Waals surface area contributed by atoms with Crippen LogP contribution >= 0.6 is 7.60 Å². The first kappa shape index (κ1) is 32.3. The third-order valence-corrected chi connectivity index (χ3v) is 4.07. The number of carbonyl (C=O) groups is 1. The van der Waals surface area contributed by atoms with Crippen molar-refractivity contribution >= 4 is 13.6 Å². The van der Waals surface area contributed by atoms with Gasteiger partial charge in [-0.15, -0.1) is 6.58 Å². The molecular formula is C22H38NO8P. The summed E-state index contributed by atoms with van der Waals surface area (Å²) in [5, 5.41) is 18.4. The van der Waals surface area contributed by atoms with E-state index in [1.807, 2.05) is 13.0 Å². The number of esters is 1. The molecule has 3 unspecified atom stereocenters. The first-order chi connectivity index (χ1) is 15.1. The molecule has 0 spiro atoms. The van der Waals surface area contributed by atoms with Crippen molar-refractivity contribution in [3.05, 3.63) is 61.3 Å². The molecule has 0 radical (unpaired) electrons. The third kappa shape index (κ3) is 22.8. The normalized spacial score (nSPS) is 16.7. The van der Waals surface area contributed by atoms with Crippen molar-refractivity contribution in [1.29, 1.82) is 0 Å². The minimum absolute atomic E-state index is 0.0330. The molecule has 0 fully saturated rings. The van der Waals surface area contributed by atoms with E-state index < -0.39 is 26.2 Å². The molecule has 1 aliphatic heterocycles. The van der Waals surface area contributed by atoms with Crippen LogP contribution in [0.25, 0.3) is 0 Å². The lowest BCUT2D eigenvalue weighted by atomic mass is 9.99. The Morgan fingerprint density at radius 2 is 1.94 bits per heavy atom. The number of ether oxygens (including phenoxy) is 2. The van der Waals surface area contributed by atoms with Crippen LogP contribution in [0.15, 0.2) is 61.3 Å². The highest BCUT2D eigenvalue weighted by Crippen LogP contribution is 2.35. The van der Waals surface area contributed by atoms with Gasteiger partial charge in [0.05, 0.1) is 25.4 Å². The molecule has 0 aromatic heterocycles. The number of aliphatic hydroxyl groups is 2. The minimum atomic E-state index is -4.25. The van der Waals surface area contributed by atoms with Crippen LogP contribution in [0, 0.1) is 5.92 Å². The smallest absolute Gasteiger partial charge is 0.350 e. The Bertz CT molecular complexity index is 654. The largest absolute Gasteiger partial charge is 0.462 e. The molecule has 1 heterocycles. The fraction of sp³-hybridized carbons (Fsp3) is 0.500. The lowest BCUT2D eigenvalue weighted by Crippen LogP contribution is -2.26. The van der Waals surface area contributed by atoms with E-state index in [9.17, 15) is 14.5 Å². The summed E-state index contributed by atoms with van der Waals surface area (Å²) in [6.07, 6.45) is 13.7. The zero-order valence-corrected chi connectivity index (χ0v) is 19.7. The van der Waals surface area contributed by atoms with E-state index in [1.54, 1.807) is 49.5 Å². The van der Waals surface area contributed by atoms with E-state index in [0.717, 1.165) is 13.0 Å². The molecule has 0 bridgehead atoms. The average molecular weight is 476 g/mol. The summed E-state index contributed by atoms with van der Waals surface area (Å²) in [5.41, 5.74) is 4.85. The number of aliphatic hydroxyl groups excluding tert-OH is 2. The zero-order chi connectivity index (χ0) is 24.8. The highest BCUT2D eigenvalue weighted by molar-refractivity contribution is 7.51. The van der Waals surface area contributed by atoms with E-state index in [4.69, 9.17) is 25.4 Å². The summed E-state index contributed by atoms with van der Waals surface area (Å²) < 4.78 is 20.6. The van der Waals surface area contributed by atoms with E-state index in [2.05, 4.69) is 11.3 Å². The number of allylic oxidation sites excluding steroid dienone is 4. The Morgan fingerprint density at radius 3 is 2.38 bits per heavy atom. The van der Waals surface area contributed by atoms with Gasteiger partial charge in [-0.3, -0.25) is 4.57 Å². The lowest BCUT2D eigenvalue weighted by molar-refractivity contribution is -0.138. The Labute approximate surface area is 190 Å². The van der Waals surface area contributed by atoms with Gasteiger partial charge >= 0.3 is 13.6 Å². The molecule has 6 N–H and O–H groups in total. The standard InChI is InChI=1S/C15H25O6P.C5H6O2.C2H7N/c1-3-13(2)15(21-12-22(18,19)20)11-14(17)9-7-5-4-6-8-10-16;6-5-3-1-2-4-7-5;1-2-3/h3-9,13-17H,1,10-12H2,2H3,(H2,18,19,20);1,3H,2,4H2;2-3H2,1H3/b5-4-,8-6+,9-7-;;. The fourth-order valence-electron chi connectivity index (χ4n) is 2.01. The maximum absolute atomic E-state index is 10.9. The number of rotatable bonds is 11. The number of nitrogens with two attached hydrogens (primary N) is 1. The van der Waals surface area contributed by atoms with Crippen molar-refractivity contribution in [2.75, 3.05) is 26.1 Å². The van der Waals surface area contributed by atoms with E-state index in [0.29, 0.717) is 6.61 Å². The summed E-state index contributed by atoms with van der Waals surface area (Å²) >= 11 is 0. The molecule has 0 aromatic carbocycles. The Morgan fingerprint density at radius 1 is 1.31 bits per heavy atom. The number of cyclic esters (lactones) is 1. The highest BCUT2D eigenvalue weighted by Gasteiger charge is 2.22. The van der Waals surface area contributed by atoms with Crippen LogP contribution in [0.4, 0.5) is 0 Å². The maximum atomic E-state index is 10.9. The molecular weight excluding hydrogens is 437 g/mol. The molecule has 3 atom stereocenters. The third-order valence-electron chi connectivity index (χ3n) is 3.58. The Balaban J connectivity index is 0. The van der Waals surface area contributed by atoms with Crippen molar-refractivity contribution in [1.82, 2.24) is 0 Å². The Kier molecular flexibility index (Phi) is 21.3. The molecule has 10 heteroatoms. The molecule has 1 rings (SSSR count). The predicted octanol–water partition coefficient (Wildman–Crippen LogP) is 2.20. The predicted molar refractivity (Wildman–Crippen MR) is 126 cm³/mol. The average Bonchev–Trinajstić information content (AvgIpc) is 2.74. The number of hydrogen-bond donors (Lipinski definition) is 5. The fourth-order valence-corrected chi connectivity index (χ4v) is 2.40. The molecule has 32 heavy (non-hydrogen) atoms. The summed E-state index contributed by atoms with van der Waals surface area (Å²) in [6.45, 7) is 8.59. The van der Waals surface area contributed by atoms with Gasteiger partial charge in [-0.05, 0) is 6.54 Å². The Hall–Kier alpha value is -1.84. The van der Waals surface area contributed by atoms with E-state index in [-0.39, 0.29) is 24.9 Å². The van der Waals surface area contributed by atoms with Gasteiger partial charge in [-0.25, -0.2) is 4.79 Å². The second kappa shape index (κ2) is 21.0. The van der Waals surface area contributed by atoms with Crippen molar-refractivity contribution in [2.45, 2.75) is 38.9 Å². The van der Waals surface area contributed by atoms with E-state index in [1.165, 1.54) is 6.08 Å². The summed E-state index contributed by atoms with van der Waals surface area (Å²) in [7, 11) is -4.25. The van der Waals surface area contributed by atoms with Crippen molar-refractivity contribution in [2.24, 2.45) is 11.7 Å². The minimum Gasteiger partial charge on any atom is -0.462 e. The summed E-state index contributed by atoms with van der Waals surface area (Å²) in [4.78, 5) is 27.9. The zero-order valence-electron chi connectivity index (χ0n) is 18.8. The first-order valence-corrected chi connectivity index (χ1v) is 12.0. The topological polar surface area (TPSA) is 160 Å². The van der Waals surface area contributed by atoms with Gasteiger partial charge in [0, 0.05) is 24.8 Å². The molecule has 0 aromatic rings. The van der Waals surface area contributed by atoms with Gasteiger partial charge in [0.25, 0.3) is 0 Å². The van der Waals surface area contributed by atoms with Crippen LogP contribution in [0.3, 0.4) is 0 Å². The van der Waals surface area contributed by atoms with Crippen LogP contribution in [0.1, 0.15) is 26.7 Å². The number of carbonyl (C=O) groups excluding carboxylic acids is 1. The lowest BCUT2D eigenvalue weighted by Gasteiger charge is -2.23. The van der Waals surface area contributed by atoms with E-state index >= 15 is 0 Å². The van der Waals surface area contributed by atoms with Gasteiger partial charge in [-0.1, -0.05) is 62.5 Å². The van der Waals surface area contributed by atoms with Gasteiger partial charge in [0.2, 0.25) is 0 Å². The monoisotopic (exact) mass is 475 g/mol. The van der Waals surface area contributed by atoms with Crippen molar-refractivity contribution < 1.29 is 38.8 Å². The molecule has 0 saturated carbocycles. The molecule has 0 amide bonds. The van der Waals surface area contributed by atoms with Gasteiger partial charge < -0.3 is 35.2 Å². The van der Waals surface area contributed by atoms with Crippen LogP contribution in [0.5, 0.6) is 0 Å². The van der Waals surface area contributed by atoms with Crippen LogP contribution in [-0.2, 0) is 18.8 Å². The van der Waals surface area contributed by atoms with Crippen LogP contribution in [-0.4, -0.2) is 64.3 Å². The molecule has 184 valence electrons. The molecule has 0 aliphatic carbocycles.